The topological polar surface area (TPSA) is 52.9 Å². The maximum absolute atomic E-state index is 10.0. The van der Waals surface area contributed by atoms with Crippen molar-refractivity contribution in [1.29, 1.82) is 0 Å². The average Bonchev–Trinajstić information content (AvgIpc) is 2.90. The fourth-order valence-electron chi connectivity index (χ4n) is 2.67. The largest absolute Gasteiger partial charge is 0.393 e. The molecule has 0 saturated carbocycles. The van der Waals surface area contributed by atoms with Gasteiger partial charge < -0.3 is 19.8 Å². The van der Waals surface area contributed by atoms with Crippen molar-refractivity contribution in [2.75, 3.05) is 26.2 Å². The van der Waals surface area contributed by atoms with Crippen LogP contribution < -0.4 is 0 Å². The fourth-order valence-corrected chi connectivity index (χ4v) is 2.79. The van der Waals surface area contributed by atoms with E-state index in [1.807, 2.05) is 31.2 Å². The van der Waals surface area contributed by atoms with Gasteiger partial charge in [0, 0.05) is 18.1 Å². The van der Waals surface area contributed by atoms with Crippen LogP contribution in [-0.4, -0.2) is 53.6 Å². The second-order valence-corrected chi connectivity index (χ2v) is 6.28. The Morgan fingerprint density at radius 2 is 2.05 bits per heavy atom. The number of hydrogen-bond donors (Lipinski definition) is 2. The van der Waals surface area contributed by atoms with Crippen molar-refractivity contribution in [3.8, 4) is 0 Å². The van der Waals surface area contributed by atoms with E-state index in [0.717, 1.165) is 25.1 Å². The van der Waals surface area contributed by atoms with Crippen molar-refractivity contribution < 1.29 is 14.9 Å². The zero-order valence-corrected chi connectivity index (χ0v) is 13.2. The molecule has 2 rings (SSSR count). The van der Waals surface area contributed by atoms with E-state index in [1.54, 1.807) is 0 Å². The van der Waals surface area contributed by atoms with Crippen LogP contribution in [0.4, 0.5) is 0 Å². The van der Waals surface area contributed by atoms with Crippen molar-refractivity contribution >= 4 is 11.6 Å². The monoisotopic (exact) mass is 313 g/mol. The van der Waals surface area contributed by atoms with Crippen LogP contribution in [0.25, 0.3) is 0 Å². The third-order valence-electron chi connectivity index (χ3n) is 3.95. The highest BCUT2D eigenvalue weighted by Gasteiger charge is 2.26. The number of benzene rings is 1. The Balaban J connectivity index is 1.64. The molecule has 118 valence electrons. The minimum absolute atomic E-state index is 0.270. The third-order valence-corrected chi connectivity index (χ3v) is 4.20. The summed E-state index contributed by atoms with van der Waals surface area (Å²) in [4.78, 5) is 2.19. The number of nitrogens with zero attached hydrogens (tertiary/aromatic N) is 1. The number of aliphatic hydroxyl groups is 2. The van der Waals surface area contributed by atoms with Crippen LogP contribution in [-0.2, 0) is 11.3 Å². The van der Waals surface area contributed by atoms with Gasteiger partial charge in [-0.15, -0.1) is 0 Å². The quantitative estimate of drug-likeness (QED) is 0.807. The molecule has 1 aromatic rings. The molecule has 4 nitrogen and oxygen atoms in total. The molecular formula is C16H24ClNO3. The summed E-state index contributed by atoms with van der Waals surface area (Å²) in [6, 6.07) is 7.50. The number of halogens is 1. The molecule has 5 heteroatoms. The van der Waals surface area contributed by atoms with Gasteiger partial charge in [-0.25, -0.2) is 0 Å². The molecule has 0 bridgehead atoms. The van der Waals surface area contributed by atoms with E-state index < -0.39 is 6.10 Å². The van der Waals surface area contributed by atoms with Crippen LogP contribution >= 0.6 is 11.6 Å². The summed E-state index contributed by atoms with van der Waals surface area (Å²) in [6.07, 6.45) is 0.231. The maximum atomic E-state index is 10.0. The average molecular weight is 314 g/mol. The van der Waals surface area contributed by atoms with Gasteiger partial charge in [0.1, 0.15) is 0 Å². The standard InChI is InChI=1S/C16H24ClNO3/c1-12(19)14-6-7-18(8-14)9-16(20)11-21-10-13-2-4-15(17)5-3-13/h2-5,12,14,16,19-20H,6-11H2,1H3. The Hall–Kier alpha value is -0.650. The Morgan fingerprint density at radius 1 is 1.33 bits per heavy atom. The molecule has 1 fully saturated rings. The Kier molecular flexibility index (Phi) is 6.45. The number of aliphatic hydroxyl groups excluding tert-OH is 2. The summed E-state index contributed by atoms with van der Waals surface area (Å²) >= 11 is 5.82. The van der Waals surface area contributed by atoms with E-state index in [1.165, 1.54) is 0 Å². The summed E-state index contributed by atoms with van der Waals surface area (Å²) in [5.41, 5.74) is 1.04. The van der Waals surface area contributed by atoms with E-state index in [4.69, 9.17) is 16.3 Å². The van der Waals surface area contributed by atoms with E-state index in [-0.39, 0.29) is 6.10 Å². The van der Waals surface area contributed by atoms with Crippen molar-refractivity contribution in [1.82, 2.24) is 4.90 Å². The lowest BCUT2D eigenvalue weighted by atomic mass is 10.0. The maximum Gasteiger partial charge on any atom is 0.0900 e. The number of β-amino-alcohol motifs (C(OH)–C–C–N with tert-alkyl or cyclic N) is 1. The lowest BCUT2D eigenvalue weighted by Crippen LogP contribution is -2.34. The summed E-state index contributed by atoms with van der Waals surface area (Å²) in [5.74, 6) is 0.326. The molecule has 1 heterocycles. The van der Waals surface area contributed by atoms with Gasteiger partial charge in [-0.05, 0) is 43.5 Å². The predicted molar refractivity (Wildman–Crippen MR) is 83.3 cm³/mol. The first-order valence-corrected chi connectivity index (χ1v) is 7.83. The summed E-state index contributed by atoms with van der Waals surface area (Å²) in [7, 11) is 0. The molecule has 1 aromatic carbocycles. The summed E-state index contributed by atoms with van der Waals surface area (Å²) < 4.78 is 5.54. The zero-order chi connectivity index (χ0) is 15.2. The van der Waals surface area contributed by atoms with E-state index in [9.17, 15) is 10.2 Å². The molecule has 21 heavy (non-hydrogen) atoms. The van der Waals surface area contributed by atoms with Crippen molar-refractivity contribution in [3.63, 3.8) is 0 Å². The lowest BCUT2D eigenvalue weighted by Gasteiger charge is -2.20. The molecule has 0 aromatic heterocycles. The summed E-state index contributed by atoms with van der Waals surface area (Å²) in [5, 5.41) is 20.3. The van der Waals surface area contributed by atoms with Gasteiger partial charge in [0.05, 0.1) is 25.4 Å². The molecule has 1 aliphatic rings. The Morgan fingerprint density at radius 3 is 2.67 bits per heavy atom. The molecule has 3 unspecified atom stereocenters. The minimum atomic E-state index is -0.495. The number of hydrogen-bond acceptors (Lipinski definition) is 4. The minimum Gasteiger partial charge on any atom is -0.393 e. The number of likely N-dealkylation sites (tertiary alicyclic amines) is 1. The number of ether oxygens (including phenoxy) is 1. The van der Waals surface area contributed by atoms with Crippen LogP contribution in [0.2, 0.25) is 5.02 Å². The normalized spacial score (nSPS) is 22.4. The van der Waals surface area contributed by atoms with E-state index in [2.05, 4.69) is 4.90 Å². The van der Waals surface area contributed by atoms with E-state index >= 15 is 0 Å². The summed E-state index contributed by atoms with van der Waals surface area (Å²) in [6.45, 7) is 5.02. The Labute approximate surface area is 131 Å². The van der Waals surface area contributed by atoms with Gasteiger partial charge in [-0.3, -0.25) is 0 Å². The van der Waals surface area contributed by atoms with Crippen molar-refractivity contribution in [2.24, 2.45) is 5.92 Å². The van der Waals surface area contributed by atoms with Crippen LogP contribution in [0.1, 0.15) is 18.9 Å². The SMILES string of the molecule is CC(O)C1CCN(CC(O)COCc2ccc(Cl)cc2)C1. The van der Waals surface area contributed by atoms with Gasteiger partial charge in [-0.1, -0.05) is 23.7 Å². The van der Waals surface area contributed by atoms with Gasteiger partial charge in [0.2, 0.25) is 0 Å². The molecule has 0 radical (unpaired) electrons. The van der Waals surface area contributed by atoms with Crippen LogP contribution in [0.15, 0.2) is 24.3 Å². The fraction of sp³-hybridized carbons (Fsp3) is 0.625. The first-order chi connectivity index (χ1) is 10.0. The van der Waals surface area contributed by atoms with Crippen LogP contribution in [0.5, 0.6) is 0 Å². The third kappa shape index (κ3) is 5.57. The van der Waals surface area contributed by atoms with Gasteiger partial charge in [0.15, 0.2) is 0 Å². The molecule has 1 saturated heterocycles. The highest BCUT2D eigenvalue weighted by molar-refractivity contribution is 6.30. The smallest absolute Gasteiger partial charge is 0.0900 e. The molecule has 0 spiro atoms. The molecule has 0 amide bonds. The first-order valence-electron chi connectivity index (χ1n) is 7.45. The second kappa shape index (κ2) is 8.11. The molecule has 1 aliphatic heterocycles. The zero-order valence-electron chi connectivity index (χ0n) is 12.4. The Bertz CT molecular complexity index is 424. The highest BCUT2D eigenvalue weighted by Crippen LogP contribution is 2.19. The van der Waals surface area contributed by atoms with Crippen molar-refractivity contribution in [3.05, 3.63) is 34.9 Å². The first kappa shape index (κ1) is 16.7. The lowest BCUT2D eigenvalue weighted by molar-refractivity contribution is 0.0118. The van der Waals surface area contributed by atoms with Gasteiger partial charge in [-0.2, -0.15) is 0 Å². The van der Waals surface area contributed by atoms with Crippen molar-refractivity contribution in [2.45, 2.75) is 32.2 Å². The van der Waals surface area contributed by atoms with Gasteiger partial charge in [0.25, 0.3) is 0 Å². The predicted octanol–water partition coefficient (Wildman–Crippen LogP) is 1.92. The van der Waals surface area contributed by atoms with E-state index in [0.29, 0.717) is 30.7 Å². The number of rotatable bonds is 7. The molecular weight excluding hydrogens is 290 g/mol. The van der Waals surface area contributed by atoms with Crippen LogP contribution in [0, 0.1) is 5.92 Å². The second-order valence-electron chi connectivity index (χ2n) is 5.84. The highest BCUT2D eigenvalue weighted by atomic mass is 35.5. The molecule has 3 atom stereocenters. The molecule has 2 N–H and O–H groups in total. The van der Waals surface area contributed by atoms with Gasteiger partial charge >= 0.3 is 0 Å². The van der Waals surface area contributed by atoms with Crippen LogP contribution in [0.3, 0.4) is 0 Å². The molecule has 0 aliphatic carbocycles.